The zero-order chi connectivity index (χ0) is 13.1. The third kappa shape index (κ3) is 3.28. The maximum Gasteiger partial charge on any atom is 0.332 e. The highest BCUT2D eigenvalue weighted by Crippen LogP contribution is 2.21. The standard InChI is InChI=1S/C13H20N2O2/c1-12(2,3)17-11(16)13(15,9-14)10-7-5-4-6-8-10/h4-8H,9,14-15H2,1-3H3. The summed E-state index contributed by atoms with van der Waals surface area (Å²) in [7, 11) is 0. The van der Waals surface area contributed by atoms with Crippen molar-refractivity contribution in [3.05, 3.63) is 35.9 Å². The number of nitrogens with two attached hydrogens (primary N) is 2. The summed E-state index contributed by atoms with van der Waals surface area (Å²) < 4.78 is 5.30. The minimum atomic E-state index is -1.28. The predicted octanol–water partition coefficient (Wildman–Crippen LogP) is 1.14. The van der Waals surface area contributed by atoms with Crippen LogP contribution in [-0.4, -0.2) is 18.1 Å². The van der Waals surface area contributed by atoms with Gasteiger partial charge in [0.15, 0.2) is 5.54 Å². The number of hydrogen-bond donors (Lipinski definition) is 2. The summed E-state index contributed by atoms with van der Waals surface area (Å²) in [5.74, 6) is -0.501. The van der Waals surface area contributed by atoms with E-state index in [0.717, 1.165) is 0 Å². The Hall–Kier alpha value is -1.39. The molecule has 94 valence electrons. The van der Waals surface area contributed by atoms with Crippen molar-refractivity contribution in [2.75, 3.05) is 6.54 Å². The lowest BCUT2D eigenvalue weighted by molar-refractivity contribution is -0.161. The van der Waals surface area contributed by atoms with Gasteiger partial charge in [0.05, 0.1) is 0 Å². The fraction of sp³-hybridized carbons (Fsp3) is 0.462. The molecule has 0 aliphatic heterocycles. The minimum absolute atomic E-state index is 0.00588. The zero-order valence-corrected chi connectivity index (χ0v) is 10.6. The second-order valence-electron chi connectivity index (χ2n) is 5.04. The van der Waals surface area contributed by atoms with Crippen LogP contribution in [0.15, 0.2) is 30.3 Å². The molecule has 1 aromatic carbocycles. The molecule has 0 bridgehead atoms. The van der Waals surface area contributed by atoms with Gasteiger partial charge < -0.3 is 16.2 Å². The lowest BCUT2D eigenvalue weighted by Crippen LogP contribution is -2.53. The maximum absolute atomic E-state index is 12.1. The average molecular weight is 236 g/mol. The molecular formula is C13H20N2O2. The summed E-state index contributed by atoms with van der Waals surface area (Å²) in [4.78, 5) is 12.1. The maximum atomic E-state index is 12.1. The Morgan fingerprint density at radius 3 is 2.18 bits per heavy atom. The highest BCUT2D eigenvalue weighted by Gasteiger charge is 2.38. The van der Waals surface area contributed by atoms with Gasteiger partial charge in [0, 0.05) is 6.54 Å². The molecule has 0 fully saturated rings. The normalized spacial score (nSPS) is 15.1. The number of ether oxygens (including phenoxy) is 1. The average Bonchev–Trinajstić information content (AvgIpc) is 2.27. The van der Waals surface area contributed by atoms with E-state index in [0.29, 0.717) is 5.56 Å². The Balaban J connectivity index is 3.01. The number of carbonyl (C=O) groups excluding carboxylic acids is 1. The fourth-order valence-electron chi connectivity index (χ4n) is 1.42. The molecule has 1 unspecified atom stereocenters. The molecular weight excluding hydrogens is 216 g/mol. The quantitative estimate of drug-likeness (QED) is 0.771. The van der Waals surface area contributed by atoms with Gasteiger partial charge in [0.2, 0.25) is 0 Å². The number of rotatable bonds is 3. The molecule has 0 radical (unpaired) electrons. The molecule has 1 aromatic rings. The van der Waals surface area contributed by atoms with Crippen molar-refractivity contribution in [2.45, 2.75) is 31.9 Å². The van der Waals surface area contributed by atoms with Crippen molar-refractivity contribution in [3.8, 4) is 0 Å². The van der Waals surface area contributed by atoms with Crippen molar-refractivity contribution < 1.29 is 9.53 Å². The van der Waals surface area contributed by atoms with Crippen molar-refractivity contribution in [1.82, 2.24) is 0 Å². The van der Waals surface area contributed by atoms with E-state index < -0.39 is 17.1 Å². The molecule has 0 spiro atoms. The van der Waals surface area contributed by atoms with Crippen molar-refractivity contribution in [2.24, 2.45) is 11.5 Å². The monoisotopic (exact) mass is 236 g/mol. The number of esters is 1. The van der Waals surface area contributed by atoms with Gasteiger partial charge in [-0.3, -0.25) is 0 Å². The Labute approximate surface area is 102 Å². The molecule has 4 nitrogen and oxygen atoms in total. The van der Waals surface area contributed by atoms with Gasteiger partial charge in [-0.1, -0.05) is 30.3 Å². The van der Waals surface area contributed by atoms with Crippen molar-refractivity contribution in [1.29, 1.82) is 0 Å². The summed E-state index contributed by atoms with van der Waals surface area (Å²) in [5, 5.41) is 0. The van der Waals surface area contributed by atoms with E-state index in [1.807, 2.05) is 18.2 Å². The van der Waals surface area contributed by atoms with Gasteiger partial charge >= 0.3 is 5.97 Å². The van der Waals surface area contributed by atoms with E-state index in [4.69, 9.17) is 16.2 Å². The Kier molecular flexibility index (Phi) is 3.91. The van der Waals surface area contributed by atoms with E-state index >= 15 is 0 Å². The first-order chi connectivity index (χ1) is 7.79. The van der Waals surface area contributed by atoms with Gasteiger partial charge in [-0.15, -0.1) is 0 Å². The molecule has 0 saturated heterocycles. The molecule has 1 rings (SSSR count). The zero-order valence-electron chi connectivity index (χ0n) is 10.6. The molecule has 0 aliphatic rings. The van der Waals surface area contributed by atoms with Gasteiger partial charge in [-0.25, -0.2) is 4.79 Å². The number of hydrogen-bond acceptors (Lipinski definition) is 4. The summed E-state index contributed by atoms with van der Waals surface area (Å²) in [6.07, 6.45) is 0. The van der Waals surface area contributed by atoms with Crippen LogP contribution in [-0.2, 0) is 15.1 Å². The van der Waals surface area contributed by atoms with E-state index in [1.165, 1.54) is 0 Å². The molecule has 0 amide bonds. The van der Waals surface area contributed by atoms with Crippen LogP contribution >= 0.6 is 0 Å². The summed E-state index contributed by atoms with van der Waals surface area (Å²) in [5.41, 5.74) is 10.5. The number of benzene rings is 1. The van der Waals surface area contributed by atoms with Crippen LogP contribution in [0.25, 0.3) is 0 Å². The highest BCUT2D eigenvalue weighted by molar-refractivity contribution is 5.83. The first kappa shape index (κ1) is 13.7. The third-order valence-corrected chi connectivity index (χ3v) is 2.37. The molecule has 17 heavy (non-hydrogen) atoms. The lowest BCUT2D eigenvalue weighted by atomic mass is 9.91. The summed E-state index contributed by atoms with van der Waals surface area (Å²) in [6, 6.07) is 9.04. The lowest BCUT2D eigenvalue weighted by Gasteiger charge is -2.30. The van der Waals surface area contributed by atoms with Gasteiger partial charge in [-0.2, -0.15) is 0 Å². The van der Waals surface area contributed by atoms with E-state index in [9.17, 15) is 4.79 Å². The largest absolute Gasteiger partial charge is 0.458 e. The molecule has 4 N–H and O–H groups in total. The SMILES string of the molecule is CC(C)(C)OC(=O)C(N)(CN)c1ccccc1. The Morgan fingerprint density at radius 2 is 1.76 bits per heavy atom. The van der Waals surface area contributed by atoms with Crippen LogP contribution in [0.5, 0.6) is 0 Å². The van der Waals surface area contributed by atoms with Crippen LogP contribution in [0.3, 0.4) is 0 Å². The third-order valence-electron chi connectivity index (χ3n) is 2.37. The van der Waals surface area contributed by atoms with Crippen LogP contribution in [0.2, 0.25) is 0 Å². The van der Waals surface area contributed by atoms with Crippen LogP contribution in [0, 0.1) is 0 Å². The Morgan fingerprint density at radius 1 is 1.24 bits per heavy atom. The highest BCUT2D eigenvalue weighted by atomic mass is 16.6. The van der Waals surface area contributed by atoms with Gasteiger partial charge in [0.25, 0.3) is 0 Å². The summed E-state index contributed by atoms with van der Waals surface area (Å²) >= 11 is 0. The van der Waals surface area contributed by atoms with Crippen LogP contribution in [0.1, 0.15) is 26.3 Å². The molecule has 0 aliphatic carbocycles. The van der Waals surface area contributed by atoms with Crippen LogP contribution < -0.4 is 11.5 Å². The van der Waals surface area contributed by atoms with E-state index in [-0.39, 0.29) is 6.54 Å². The first-order valence-corrected chi connectivity index (χ1v) is 5.57. The minimum Gasteiger partial charge on any atom is -0.458 e. The summed E-state index contributed by atoms with van der Waals surface area (Å²) in [6.45, 7) is 5.40. The van der Waals surface area contributed by atoms with Crippen LogP contribution in [0.4, 0.5) is 0 Å². The van der Waals surface area contributed by atoms with Gasteiger partial charge in [-0.05, 0) is 26.3 Å². The van der Waals surface area contributed by atoms with Gasteiger partial charge in [0.1, 0.15) is 5.60 Å². The molecule has 4 heteroatoms. The van der Waals surface area contributed by atoms with Crippen molar-refractivity contribution in [3.63, 3.8) is 0 Å². The molecule has 0 saturated carbocycles. The first-order valence-electron chi connectivity index (χ1n) is 5.57. The van der Waals surface area contributed by atoms with E-state index in [2.05, 4.69) is 0 Å². The number of carbonyl (C=O) groups is 1. The topological polar surface area (TPSA) is 78.3 Å². The molecule has 0 aromatic heterocycles. The Bertz CT molecular complexity index is 384. The second-order valence-corrected chi connectivity index (χ2v) is 5.04. The van der Waals surface area contributed by atoms with E-state index in [1.54, 1.807) is 32.9 Å². The van der Waals surface area contributed by atoms with Crippen molar-refractivity contribution >= 4 is 5.97 Å². The fourth-order valence-corrected chi connectivity index (χ4v) is 1.42. The smallest absolute Gasteiger partial charge is 0.332 e. The predicted molar refractivity (Wildman–Crippen MR) is 67.2 cm³/mol. The molecule has 1 atom stereocenters. The molecule has 0 heterocycles. The second kappa shape index (κ2) is 4.85.